The van der Waals surface area contributed by atoms with Crippen LogP contribution in [0.4, 0.5) is 5.69 Å². The molecule has 1 saturated heterocycles. The zero-order chi connectivity index (χ0) is 26.1. The molecule has 1 aliphatic rings. The number of hydrogen-bond acceptors (Lipinski definition) is 7. The Labute approximate surface area is 206 Å². The van der Waals surface area contributed by atoms with Crippen molar-refractivity contribution in [3.63, 3.8) is 0 Å². The topological polar surface area (TPSA) is 151 Å². The summed E-state index contributed by atoms with van der Waals surface area (Å²) in [4.78, 5) is 45.1. The Morgan fingerprint density at radius 2 is 1.47 bits per heavy atom. The molecule has 0 aromatic heterocycles. The Balaban J connectivity index is 0.000000538. The zero-order valence-electron chi connectivity index (χ0n) is 19.3. The molecule has 0 unspecified atom stereocenters. The summed E-state index contributed by atoms with van der Waals surface area (Å²) >= 11 is 0. The van der Waals surface area contributed by atoms with Crippen molar-refractivity contribution in [3.8, 4) is 5.75 Å². The predicted molar refractivity (Wildman–Crippen MR) is 130 cm³/mol. The fourth-order valence-corrected chi connectivity index (χ4v) is 3.63. The number of nitrogens with zero attached hydrogens (tertiary/aromatic N) is 3. The van der Waals surface area contributed by atoms with E-state index in [2.05, 4.69) is 4.90 Å². The third-order valence-corrected chi connectivity index (χ3v) is 5.54. The number of nitro groups is 1. The van der Waals surface area contributed by atoms with Gasteiger partial charge in [0.2, 0.25) is 0 Å². The number of piperazine rings is 1. The lowest BCUT2D eigenvalue weighted by molar-refractivity contribution is -0.384. The van der Waals surface area contributed by atoms with Gasteiger partial charge in [-0.1, -0.05) is 42.5 Å². The van der Waals surface area contributed by atoms with Crippen molar-refractivity contribution in [2.45, 2.75) is 6.54 Å². The molecule has 11 heteroatoms. The number of benzene rings is 3. The number of rotatable bonds is 6. The first-order valence-electron chi connectivity index (χ1n) is 11.0. The van der Waals surface area contributed by atoms with Gasteiger partial charge in [0.1, 0.15) is 5.75 Å². The van der Waals surface area contributed by atoms with Gasteiger partial charge in [-0.2, -0.15) is 0 Å². The van der Waals surface area contributed by atoms with E-state index in [0.29, 0.717) is 25.4 Å². The van der Waals surface area contributed by atoms with Gasteiger partial charge in [0.25, 0.3) is 11.6 Å². The summed E-state index contributed by atoms with van der Waals surface area (Å²) in [6.45, 7) is 3.56. The van der Waals surface area contributed by atoms with E-state index in [1.165, 1.54) is 12.1 Å². The molecule has 4 rings (SSSR count). The van der Waals surface area contributed by atoms with Crippen LogP contribution in [0.2, 0.25) is 0 Å². The van der Waals surface area contributed by atoms with Crippen LogP contribution in [0.25, 0.3) is 10.8 Å². The van der Waals surface area contributed by atoms with Gasteiger partial charge in [-0.15, -0.1) is 0 Å². The highest BCUT2D eigenvalue weighted by atomic mass is 16.6. The highest BCUT2D eigenvalue weighted by molar-refractivity contribution is 6.27. The Kier molecular flexibility index (Phi) is 8.89. The van der Waals surface area contributed by atoms with Crippen LogP contribution in [0.15, 0.2) is 66.7 Å². The minimum absolute atomic E-state index is 0.0156. The molecular formula is C25H25N3O8. The average Bonchev–Trinajstić information content (AvgIpc) is 2.88. The van der Waals surface area contributed by atoms with Gasteiger partial charge in [-0.05, 0) is 28.5 Å². The Morgan fingerprint density at radius 1 is 0.861 bits per heavy atom. The lowest BCUT2D eigenvalue weighted by Gasteiger charge is -2.34. The van der Waals surface area contributed by atoms with Crippen molar-refractivity contribution < 1.29 is 34.3 Å². The second-order valence-corrected chi connectivity index (χ2v) is 7.99. The van der Waals surface area contributed by atoms with Gasteiger partial charge in [-0.25, -0.2) is 9.59 Å². The largest absolute Gasteiger partial charge is 0.484 e. The monoisotopic (exact) mass is 495 g/mol. The zero-order valence-corrected chi connectivity index (χ0v) is 19.3. The summed E-state index contributed by atoms with van der Waals surface area (Å²) in [6.07, 6.45) is 0. The number of non-ortho nitro benzene ring substituents is 1. The number of fused-ring (bicyclic) bond motifs is 1. The molecule has 0 spiro atoms. The number of aliphatic carboxylic acids is 2. The highest BCUT2D eigenvalue weighted by Crippen LogP contribution is 2.21. The first-order chi connectivity index (χ1) is 17.2. The Hall–Kier alpha value is -4.51. The molecule has 1 heterocycles. The van der Waals surface area contributed by atoms with E-state index in [0.717, 1.165) is 29.4 Å². The van der Waals surface area contributed by atoms with E-state index in [9.17, 15) is 14.9 Å². The lowest BCUT2D eigenvalue weighted by Crippen LogP contribution is -2.49. The van der Waals surface area contributed by atoms with Crippen LogP contribution in [0.5, 0.6) is 5.75 Å². The van der Waals surface area contributed by atoms with Crippen LogP contribution in [-0.4, -0.2) is 75.6 Å². The molecule has 36 heavy (non-hydrogen) atoms. The number of carboxylic acid groups (broad SMARTS) is 2. The smallest absolute Gasteiger partial charge is 0.414 e. The van der Waals surface area contributed by atoms with E-state index in [4.69, 9.17) is 24.5 Å². The molecule has 0 saturated carbocycles. The van der Waals surface area contributed by atoms with Crippen LogP contribution in [0, 0.1) is 10.1 Å². The molecule has 188 valence electrons. The number of hydrogen-bond donors (Lipinski definition) is 2. The number of carboxylic acids is 2. The fraction of sp³-hybridized carbons (Fsp3) is 0.240. The number of carbonyl (C=O) groups excluding carboxylic acids is 1. The van der Waals surface area contributed by atoms with Crippen molar-refractivity contribution in [2.24, 2.45) is 0 Å². The Bertz CT molecular complexity index is 1230. The first kappa shape index (κ1) is 26.1. The normalized spacial score (nSPS) is 13.4. The van der Waals surface area contributed by atoms with Crippen molar-refractivity contribution >= 4 is 34.3 Å². The molecule has 0 radical (unpaired) electrons. The summed E-state index contributed by atoms with van der Waals surface area (Å²) in [5, 5.41) is 27.8. The standard InChI is InChI=1S/C23H23N3O4.C2H2O4/c27-23(17-30-22-10-7-19-3-1-2-4-20(19)15-22)25-13-11-24(12-14-25)16-18-5-8-21(9-6-18)26(28)29;3-1(4)2(5)6/h1-10,15H,11-14,16-17H2;(H,3,4)(H,5,6). The summed E-state index contributed by atoms with van der Waals surface area (Å²) in [5.41, 5.74) is 1.13. The Morgan fingerprint density at radius 3 is 2.06 bits per heavy atom. The third kappa shape index (κ3) is 7.50. The minimum atomic E-state index is -1.82. The second kappa shape index (κ2) is 12.3. The molecule has 0 bridgehead atoms. The highest BCUT2D eigenvalue weighted by Gasteiger charge is 2.21. The van der Waals surface area contributed by atoms with Gasteiger partial charge in [0, 0.05) is 44.9 Å². The maximum atomic E-state index is 12.5. The van der Waals surface area contributed by atoms with Crippen LogP contribution >= 0.6 is 0 Å². The molecule has 1 amide bonds. The van der Waals surface area contributed by atoms with E-state index in [1.54, 1.807) is 12.1 Å². The number of nitro benzene ring substituents is 1. The molecule has 1 aliphatic heterocycles. The summed E-state index contributed by atoms with van der Waals surface area (Å²) < 4.78 is 5.72. The van der Waals surface area contributed by atoms with Crippen LogP contribution in [0.3, 0.4) is 0 Å². The van der Waals surface area contributed by atoms with Crippen molar-refractivity contribution in [1.29, 1.82) is 0 Å². The molecule has 3 aromatic carbocycles. The molecule has 0 atom stereocenters. The number of carbonyl (C=O) groups is 3. The molecular weight excluding hydrogens is 470 g/mol. The van der Waals surface area contributed by atoms with Crippen molar-refractivity contribution in [1.82, 2.24) is 9.80 Å². The molecule has 3 aromatic rings. The van der Waals surface area contributed by atoms with Crippen LogP contribution in [-0.2, 0) is 20.9 Å². The fourth-order valence-electron chi connectivity index (χ4n) is 3.63. The molecule has 1 fully saturated rings. The lowest BCUT2D eigenvalue weighted by atomic mass is 10.1. The van der Waals surface area contributed by atoms with Crippen molar-refractivity contribution in [3.05, 3.63) is 82.4 Å². The molecule has 0 aliphatic carbocycles. The van der Waals surface area contributed by atoms with Gasteiger partial charge in [0.15, 0.2) is 6.61 Å². The number of amides is 1. The van der Waals surface area contributed by atoms with Gasteiger partial charge in [0.05, 0.1) is 4.92 Å². The third-order valence-electron chi connectivity index (χ3n) is 5.54. The molecule has 11 nitrogen and oxygen atoms in total. The maximum absolute atomic E-state index is 12.5. The van der Waals surface area contributed by atoms with Crippen LogP contribution < -0.4 is 4.74 Å². The van der Waals surface area contributed by atoms with Gasteiger partial charge < -0.3 is 19.8 Å². The number of ether oxygens (including phenoxy) is 1. The van der Waals surface area contributed by atoms with Crippen LogP contribution in [0.1, 0.15) is 5.56 Å². The maximum Gasteiger partial charge on any atom is 0.414 e. The van der Waals surface area contributed by atoms with E-state index >= 15 is 0 Å². The second-order valence-electron chi connectivity index (χ2n) is 7.99. The minimum Gasteiger partial charge on any atom is -0.484 e. The molecule has 2 N–H and O–H groups in total. The van der Waals surface area contributed by atoms with Crippen molar-refractivity contribution in [2.75, 3.05) is 32.8 Å². The van der Waals surface area contributed by atoms with E-state index in [-0.39, 0.29) is 18.2 Å². The summed E-state index contributed by atoms with van der Waals surface area (Å²) in [5.74, 6) is -2.97. The quantitative estimate of drug-likeness (QED) is 0.299. The van der Waals surface area contributed by atoms with Gasteiger partial charge >= 0.3 is 11.9 Å². The van der Waals surface area contributed by atoms with E-state index < -0.39 is 16.9 Å². The SMILES string of the molecule is O=C(COc1ccc2ccccc2c1)N1CCN(Cc2ccc([N+](=O)[O-])cc2)CC1.O=C(O)C(=O)O. The predicted octanol–water partition coefficient (Wildman–Crippen LogP) is 2.63. The summed E-state index contributed by atoms with van der Waals surface area (Å²) in [6, 6.07) is 20.5. The summed E-state index contributed by atoms with van der Waals surface area (Å²) in [7, 11) is 0. The first-order valence-corrected chi connectivity index (χ1v) is 11.0. The van der Waals surface area contributed by atoms with E-state index in [1.807, 2.05) is 47.4 Å². The van der Waals surface area contributed by atoms with Gasteiger partial charge in [-0.3, -0.25) is 19.8 Å². The average molecular weight is 495 g/mol.